The molecule has 0 saturated carbocycles. The summed E-state index contributed by atoms with van der Waals surface area (Å²) in [6.07, 6.45) is 9.05. The monoisotopic (exact) mass is 533 g/mol. The molecular formula is C37H27NOS. The van der Waals surface area contributed by atoms with Crippen LogP contribution in [0.1, 0.15) is 12.5 Å². The second-order valence-corrected chi connectivity index (χ2v) is 12.0. The molecule has 0 spiro atoms. The van der Waals surface area contributed by atoms with Crippen molar-refractivity contribution in [3.8, 4) is 22.3 Å². The SMILES string of the molecule is CC12C=CC=CC1Sc1ccc(-c3ccc(Nc4ccc(-c5ccc6oc7ccccc7c6c5)cc4)cc3)cc12. The Bertz CT molecular complexity index is 1960. The number of nitrogens with one attached hydrogen (secondary N) is 1. The van der Waals surface area contributed by atoms with Crippen LogP contribution in [-0.4, -0.2) is 5.25 Å². The highest BCUT2D eigenvalue weighted by atomic mass is 32.2. The molecule has 8 rings (SSSR count). The summed E-state index contributed by atoms with van der Waals surface area (Å²) >= 11 is 1.97. The molecule has 1 aliphatic heterocycles. The van der Waals surface area contributed by atoms with E-state index in [1.54, 1.807) is 0 Å². The minimum atomic E-state index is 0.0660. The molecule has 0 radical (unpaired) electrons. The highest BCUT2D eigenvalue weighted by Gasteiger charge is 2.41. The summed E-state index contributed by atoms with van der Waals surface area (Å²) in [6.45, 7) is 2.36. The fraction of sp³-hybridized carbons (Fsp3) is 0.0811. The zero-order valence-corrected chi connectivity index (χ0v) is 22.9. The Kier molecular flexibility index (Phi) is 5.29. The molecule has 5 aromatic carbocycles. The van der Waals surface area contributed by atoms with Gasteiger partial charge in [0.05, 0.1) is 0 Å². The van der Waals surface area contributed by atoms with Gasteiger partial charge in [-0.15, -0.1) is 11.8 Å². The molecule has 2 unspecified atom stereocenters. The number of thioether (sulfide) groups is 1. The number of benzene rings is 5. The van der Waals surface area contributed by atoms with Gasteiger partial charge < -0.3 is 9.73 Å². The average Bonchev–Trinajstić information content (AvgIpc) is 3.52. The molecule has 1 N–H and O–H groups in total. The summed E-state index contributed by atoms with van der Waals surface area (Å²) in [4.78, 5) is 1.40. The fourth-order valence-corrected chi connectivity index (χ4v) is 7.50. The second-order valence-electron chi connectivity index (χ2n) is 10.9. The topological polar surface area (TPSA) is 25.2 Å². The fourth-order valence-electron chi connectivity index (χ4n) is 6.05. The van der Waals surface area contributed by atoms with Crippen LogP contribution in [0.2, 0.25) is 0 Å². The predicted octanol–water partition coefficient (Wildman–Crippen LogP) is 10.5. The van der Waals surface area contributed by atoms with Gasteiger partial charge in [-0.2, -0.15) is 0 Å². The van der Waals surface area contributed by atoms with Crippen LogP contribution in [0, 0.1) is 0 Å². The van der Waals surface area contributed by atoms with Crippen molar-refractivity contribution in [1.82, 2.24) is 0 Å². The summed E-state index contributed by atoms with van der Waals surface area (Å²) in [5, 5.41) is 6.35. The Labute approximate surface area is 238 Å². The maximum Gasteiger partial charge on any atom is 0.135 e. The van der Waals surface area contributed by atoms with Crippen molar-refractivity contribution in [2.75, 3.05) is 5.32 Å². The molecule has 6 aromatic rings. The van der Waals surface area contributed by atoms with Gasteiger partial charge in [0, 0.05) is 37.7 Å². The number of furan rings is 1. The number of anilines is 2. The van der Waals surface area contributed by atoms with E-state index < -0.39 is 0 Å². The molecule has 1 aromatic heterocycles. The molecule has 1 aliphatic carbocycles. The van der Waals surface area contributed by atoms with Gasteiger partial charge >= 0.3 is 0 Å². The van der Waals surface area contributed by atoms with Gasteiger partial charge in [-0.05, 0) is 82.4 Å². The third-order valence-electron chi connectivity index (χ3n) is 8.35. The van der Waals surface area contributed by atoms with E-state index in [9.17, 15) is 0 Å². The van der Waals surface area contributed by atoms with Crippen LogP contribution in [0.3, 0.4) is 0 Å². The highest BCUT2D eigenvalue weighted by Crippen LogP contribution is 2.52. The van der Waals surface area contributed by atoms with Gasteiger partial charge in [0.1, 0.15) is 11.2 Å². The molecule has 2 aliphatic rings. The molecule has 0 saturated heterocycles. The first-order chi connectivity index (χ1) is 19.6. The summed E-state index contributed by atoms with van der Waals surface area (Å²) in [6, 6.07) is 38.9. The lowest BCUT2D eigenvalue weighted by Crippen LogP contribution is -2.28. The van der Waals surface area contributed by atoms with E-state index in [1.807, 2.05) is 23.9 Å². The van der Waals surface area contributed by atoms with Crippen LogP contribution in [0.5, 0.6) is 0 Å². The van der Waals surface area contributed by atoms with Gasteiger partial charge in [0.25, 0.3) is 0 Å². The first-order valence-corrected chi connectivity index (χ1v) is 14.6. The molecule has 2 nitrogen and oxygen atoms in total. The van der Waals surface area contributed by atoms with Crippen molar-refractivity contribution in [2.45, 2.75) is 22.5 Å². The quantitative estimate of drug-likeness (QED) is 0.244. The van der Waals surface area contributed by atoms with Crippen LogP contribution in [0.15, 0.2) is 143 Å². The maximum absolute atomic E-state index is 5.99. The van der Waals surface area contributed by atoms with Crippen molar-refractivity contribution in [3.05, 3.63) is 139 Å². The third-order valence-corrected chi connectivity index (χ3v) is 9.86. The van der Waals surface area contributed by atoms with Crippen molar-refractivity contribution >= 4 is 45.1 Å². The lowest BCUT2D eigenvalue weighted by molar-refractivity contribution is 0.620. The summed E-state index contributed by atoms with van der Waals surface area (Å²) in [7, 11) is 0. The number of fused-ring (bicyclic) bond motifs is 6. The zero-order valence-electron chi connectivity index (χ0n) is 22.1. The van der Waals surface area contributed by atoms with E-state index in [0.717, 1.165) is 33.3 Å². The molecule has 40 heavy (non-hydrogen) atoms. The number of para-hydroxylation sites is 1. The predicted molar refractivity (Wildman–Crippen MR) is 170 cm³/mol. The van der Waals surface area contributed by atoms with Crippen LogP contribution < -0.4 is 5.32 Å². The second kappa shape index (κ2) is 9.04. The van der Waals surface area contributed by atoms with E-state index in [1.165, 1.54) is 32.7 Å². The molecule has 0 fully saturated rings. The molecule has 0 amide bonds. The largest absolute Gasteiger partial charge is 0.456 e. The van der Waals surface area contributed by atoms with Crippen LogP contribution in [-0.2, 0) is 5.41 Å². The molecule has 2 heterocycles. The third kappa shape index (κ3) is 3.81. The minimum Gasteiger partial charge on any atom is -0.456 e. The van der Waals surface area contributed by atoms with E-state index >= 15 is 0 Å². The zero-order chi connectivity index (χ0) is 26.7. The van der Waals surface area contributed by atoms with E-state index in [-0.39, 0.29) is 5.41 Å². The smallest absolute Gasteiger partial charge is 0.135 e. The van der Waals surface area contributed by atoms with Crippen LogP contribution >= 0.6 is 11.8 Å². The molecule has 2 atom stereocenters. The first-order valence-electron chi connectivity index (χ1n) is 13.7. The standard InChI is InChI=1S/C37H27NOS/c1-37-21-5-4-8-36(37)40-35-20-14-27(23-32(35)37)25-11-17-29(18-12-25)38-28-15-9-24(10-16-28)26-13-19-34-31(22-26)30-6-2-3-7-33(30)39-34/h2-23,36,38H,1H3. The van der Waals surface area contributed by atoms with E-state index in [0.29, 0.717) is 5.25 Å². The average molecular weight is 534 g/mol. The van der Waals surface area contributed by atoms with Crippen molar-refractivity contribution in [2.24, 2.45) is 0 Å². The minimum absolute atomic E-state index is 0.0660. The van der Waals surface area contributed by atoms with Crippen LogP contribution in [0.4, 0.5) is 11.4 Å². The van der Waals surface area contributed by atoms with Gasteiger partial charge in [0.2, 0.25) is 0 Å². The Balaban J connectivity index is 1.01. The van der Waals surface area contributed by atoms with Crippen molar-refractivity contribution in [3.63, 3.8) is 0 Å². The number of rotatable bonds is 4. The lowest BCUT2D eigenvalue weighted by atomic mass is 9.76. The normalized spacial score (nSPS) is 19.2. The van der Waals surface area contributed by atoms with Gasteiger partial charge in [-0.3, -0.25) is 0 Å². The van der Waals surface area contributed by atoms with Gasteiger partial charge in [-0.25, -0.2) is 0 Å². The molecule has 0 bridgehead atoms. The van der Waals surface area contributed by atoms with Crippen molar-refractivity contribution < 1.29 is 4.42 Å². The van der Waals surface area contributed by atoms with Crippen LogP contribution in [0.25, 0.3) is 44.2 Å². The number of hydrogen-bond acceptors (Lipinski definition) is 3. The molecule has 3 heteroatoms. The molecular weight excluding hydrogens is 506 g/mol. The van der Waals surface area contributed by atoms with E-state index in [4.69, 9.17) is 4.42 Å². The summed E-state index contributed by atoms with van der Waals surface area (Å²) in [5.41, 5.74) is 10.4. The van der Waals surface area contributed by atoms with Gasteiger partial charge in [0.15, 0.2) is 0 Å². The number of hydrogen-bond donors (Lipinski definition) is 1. The van der Waals surface area contributed by atoms with E-state index in [2.05, 4.69) is 134 Å². The first kappa shape index (κ1) is 23.4. The summed E-state index contributed by atoms with van der Waals surface area (Å²) < 4.78 is 5.99. The summed E-state index contributed by atoms with van der Waals surface area (Å²) in [5.74, 6) is 0. The Morgan fingerprint density at radius 3 is 2.08 bits per heavy atom. The molecule has 192 valence electrons. The Morgan fingerprint density at radius 2 is 1.30 bits per heavy atom. The number of allylic oxidation sites excluding steroid dienone is 3. The lowest BCUT2D eigenvalue weighted by Gasteiger charge is -2.28. The van der Waals surface area contributed by atoms with Gasteiger partial charge in [-0.1, -0.05) is 85.8 Å². The Hall–Kier alpha value is -4.47. The Morgan fingerprint density at radius 1 is 0.650 bits per heavy atom. The highest BCUT2D eigenvalue weighted by molar-refractivity contribution is 8.00. The van der Waals surface area contributed by atoms with Crippen molar-refractivity contribution in [1.29, 1.82) is 0 Å². The maximum atomic E-state index is 5.99.